The van der Waals surface area contributed by atoms with Gasteiger partial charge in [0.25, 0.3) is 0 Å². The first-order valence-corrected chi connectivity index (χ1v) is 12.6. The van der Waals surface area contributed by atoms with Crippen LogP contribution >= 0.6 is 11.3 Å². The maximum absolute atomic E-state index is 13.3. The molecule has 0 aliphatic heterocycles. The molecule has 6 nitrogen and oxygen atoms in total. The van der Waals surface area contributed by atoms with Crippen LogP contribution in [-0.2, 0) is 16.0 Å². The minimum absolute atomic E-state index is 0.234. The normalized spacial score (nSPS) is 11.6. The number of amides is 1. The van der Waals surface area contributed by atoms with E-state index in [2.05, 4.69) is 35.2 Å². The number of aromatic nitrogens is 1. The summed E-state index contributed by atoms with van der Waals surface area (Å²) in [5.41, 5.74) is 5.95. The van der Waals surface area contributed by atoms with Crippen LogP contribution in [0.15, 0.2) is 84.2 Å². The molecule has 3 aromatic carbocycles. The van der Waals surface area contributed by atoms with Gasteiger partial charge in [-0.1, -0.05) is 66.7 Å². The standard InChI is InChI=1S/C29H29N3O3S/c1-31(2)23-15-13-21(14-16-23)24-11-7-8-12-25(24)26-19-36-29(30-26)32(3)28(35)22(18-27(33)34)17-20-9-5-4-6-10-20/h4-16,19,22H,17-18H2,1-3H3,(H,33,34). The third-order valence-electron chi connectivity index (χ3n) is 6.10. The highest BCUT2D eigenvalue weighted by atomic mass is 32.1. The van der Waals surface area contributed by atoms with E-state index in [1.54, 1.807) is 7.05 Å². The Morgan fingerprint density at radius 1 is 0.889 bits per heavy atom. The van der Waals surface area contributed by atoms with Crippen molar-refractivity contribution in [2.24, 2.45) is 5.92 Å². The number of carbonyl (C=O) groups is 2. The lowest BCUT2D eigenvalue weighted by Crippen LogP contribution is -2.35. The molecule has 1 N–H and O–H groups in total. The van der Waals surface area contributed by atoms with Gasteiger partial charge < -0.3 is 10.0 Å². The van der Waals surface area contributed by atoms with Crippen molar-refractivity contribution in [3.05, 3.63) is 89.8 Å². The topological polar surface area (TPSA) is 73.7 Å². The lowest BCUT2D eigenvalue weighted by atomic mass is 9.95. The molecule has 0 aliphatic rings. The van der Waals surface area contributed by atoms with Gasteiger partial charge in [-0.3, -0.25) is 14.5 Å². The fraction of sp³-hybridized carbons (Fsp3) is 0.207. The number of carbonyl (C=O) groups excluding carboxylic acids is 1. The Hall–Kier alpha value is -3.97. The zero-order chi connectivity index (χ0) is 25.7. The first kappa shape index (κ1) is 25.1. The van der Waals surface area contributed by atoms with Crippen molar-refractivity contribution >= 4 is 34.0 Å². The Kier molecular flexibility index (Phi) is 7.80. The van der Waals surface area contributed by atoms with E-state index >= 15 is 0 Å². The van der Waals surface area contributed by atoms with Crippen LogP contribution in [0.2, 0.25) is 0 Å². The summed E-state index contributed by atoms with van der Waals surface area (Å²) in [5.74, 6) is -1.92. The number of nitrogens with zero attached hydrogens (tertiary/aromatic N) is 3. The zero-order valence-electron chi connectivity index (χ0n) is 20.6. The molecule has 0 spiro atoms. The van der Waals surface area contributed by atoms with E-state index in [0.717, 1.165) is 33.6 Å². The third-order valence-corrected chi connectivity index (χ3v) is 7.02. The Morgan fingerprint density at radius 2 is 1.53 bits per heavy atom. The van der Waals surface area contributed by atoms with Crippen molar-refractivity contribution < 1.29 is 14.7 Å². The Morgan fingerprint density at radius 3 is 2.17 bits per heavy atom. The summed E-state index contributed by atoms with van der Waals surface area (Å²) in [4.78, 5) is 33.1. The molecule has 184 valence electrons. The summed E-state index contributed by atoms with van der Waals surface area (Å²) in [6.45, 7) is 0. The van der Waals surface area contributed by atoms with Crippen molar-refractivity contribution in [2.45, 2.75) is 12.8 Å². The average molecular weight is 500 g/mol. The van der Waals surface area contributed by atoms with Gasteiger partial charge in [-0.15, -0.1) is 11.3 Å². The zero-order valence-corrected chi connectivity index (χ0v) is 21.4. The van der Waals surface area contributed by atoms with Crippen molar-refractivity contribution in [3.63, 3.8) is 0 Å². The second-order valence-corrected chi connectivity index (χ2v) is 9.72. The lowest BCUT2D eigenvalue weighted by Gasteiger charge is -2.21. The van der Waals surface area contributed by atoms with Gasteiger partial charge in [0.05, 0.1) is 18.0 Å². The summed E-state index contributed by atoms with van der Waals surface area (Å²) in [7, 11) is 5.69. The van der Waals surface area contributed by atoms with E-state index in [9.17, 15) is 14.7 Å². The molecule has 0 aliphatic carbocycles. The molecule has 0 radical (unpaired) electrons. The summed E-state index contributed by atoms with van der Waals surface area (Å²) < 4.78 is 0. The molecule has 36 heavy (non-hydrogen) atoms. The van der Waals surface area contributed by atoms with E-state index in [0.29, 0.717) is 11.6 Å². The SMILES string of the molecule is CN(C)c1ccc(-c2ccccc2-c2csc(N(C)C(=O)C(CC(=O)O)Cc3ccccc3)n2)cc1. The predicted molar refractivity (Wildman–Crippen MR) is 147 cm³/mol. The number of anilines is 2. The quantitative estimate of drug-likeness (QED) is 0.313. The number of benzene rings is 3. The molecule has 0 saturated carbocycles. The van der Waals surface area contributed by atoms with E-state index in [-0.39, 0.29) is 12.3 Å². The lowest BCUT2D eigenvalue weighted by molar-refractivity contribution is -0.140. The summed E-state index contributed by atoms with van der Waals surface area (Å²) in [6, 6.07) is 25.9. The number of hydrogen-bond acceptors (Lipinski definition) is 5. The molecule has 1 aromatic heterocycles. The smallest absolute Gasteiger partial charge is 0.304 e. The number of hydrogen-bond donors (Lipinski definition) is 1. The fourth-order valence-electron chi connectivity index (χ4n) is 4.16. The van der Waals surface area contributed by atoms with Gasteiger partial charge in [0, 0.05) is 37.8 Å². The van der Waals surface area contributed by atoms with Crippen LogP contribution in [0.1, 0.15) is 12.0 Å². The summed E-state index contributed by atoms with van der Waals surface area (Å²) in [5, 5.41) is 11.9. The molecule has 1 heterocycles. The molecule has 1 atom stereocenters. The Labute approximate surface area is 215 Å². The maximum Gasteiger partial charge on any atom is 0.304 e. The van der Waals surface area contributed by atoms with Crippen LogP contribution in [0.4, 0.5) is 10.8 Å². The van der Waals surface area contributed by atoms with Crippen LogP contribution in [-0.4, -0.2) is 43.1 Å². The van der Waals surface area contributed by atoms with Gasteiger partial charge in [-0.05, 0) is 35.2 Å². The Balaban J connectivity index is 1.59. The van der Waals surface area contributed by atoms with Crippen LogP contribution < -0.4 is 9.80 Å². The van der Waals surface area contributed by atoms with Gasteiger partial charge in [-0.25, -0.2) is 4.98 Å². The van der Waals surface area contributed by atoms with E-state index in [1.807, 2.05) is 68.0 Å². The first-order valence-electron chi connectivity index (χ1n) is 11.7. The van der Waals surface area contributed by atoms with E-state index in [1.165, 1.54) is 16.2 Å². The largest absolute Gasteiger partial charge is 0.481 e. The van der Waals surface area contributed by atoms with Gasteiger partial charge >= 0.3 is 5.97 Å². The van der Waals surface area contributed by atoms with Gasteiger partial charge in [0.15, 0.2) is 5.13 Å². The molecular formula is C29H29N3O3S. The molecule has 0 bridgehead atoms. The number of thiazole rings is 1. The van der Waals surface area contributed by atoms with Gasteiger partial charge in [0.1, 0.15) is 0 Å². The third kappa shape index (κ3) is 5.80. The fourth-order valence-corrected chi connectivity index (χ4v) is 4.96. The second-order valence-electron chi connectivity index (χ2n) is 8.88. The summed E-state index contributed by atoms with van der Waals surface area (Å²) in [6.07, 6.45) is 0.127. The molecule has 1 unspecified atom stereocenters. The molecular weight excluding hydrogens is 470 g/mol. The minimum Gasteiger partial charge on any atom is -0.481 e. The highest BCUT2D eigenvalue weighted by molar-refractivity contribution is 7.14. The molecule has 4 aromatic rings. The van der Waals surface area contributed by atoms with Crippen molar-refractivity contribution in [2.75, 3.05) is 30.9 Å². The molecule has 4 rings (SSSR count). The van der Waals surface area contributed by atoms with E-state index in [4.69, 9.17) is 4.98 Å². The second kappa shape index (κ2) is 11.2. The molecule has 0 fully saturated rings. The number of carboxylic acid groups (broad SMARTS) is 1. The van der Waals surface area contributed by atoms with Crippen molar-refractivity contribution in [1.29, 1.82) is 0 Å². The first-order chi connectivity index (χ1) is 17.3. The van der Waals surface area contributed by atoms with Crippen LogP contribution in [0.25, 0.3) is 22.4 Å². The highest BCUT2D eigenvalue weighted by Gasteiger charge is 2.27. The Bertz CT molecular complexity index is 1330. The number of carboxylic acids is 1. The van der Waals surface area contributed by atoms with Crippen molar-refractivity contribution in [1.82, 2.24) is 4.98 Å². The van der Waals surface area contributed by atoms with E-state index < -0.39 is 11.9 Å². The average Bonchev–Trinajstić information content (AvgIpc) is 3.38. The van der Waals surface area contributed by atoms with Gasteiger partial charge in [-0.2, -0.15) is 0 Å². The van der Waals surface area contributed by atoms with Crippen LogP contribution in [0.3, 0.4) is 0 Å². The highest BCUT2D eigenvalue weighted by Crippen LogP contribution is 2.35. The molecule has 0 saturated heterocycles. The summed E-state index contributed by atoms with van der Waals surface area (Å²) >= 11 is 1.37. The predicted octanol–water partition coefficient (Wildman–Crippen LogP) is 5.84. The van der Waals surface area contributed by atoms with Crippen LogP contribution in [0, 0.1) is 5.92 Å². The number of aliphatic carboxylic acids is 1. The minimum atomic E-state index is -0.994. The van der Waals surface area contributed by atoms with Gasteiger partial charge in [0.2, 0.25) is 5.91 Å². The van der Waals surface area contributed by atoms with Crippen LogP contribution in [0.5, 0.6) is 0 Å². The molecule has 7 heteroatoms. The maximum atomic E-state index is 13.3. The van der Waals surface area contributed by atoms with Crippen molar-refractivity contribution in [3.8, 4) is 22.4 Å². The monoisotopic (exact) mass is 499 g/mol. The number of rotatable bonds is 9. The molecule has 1 amide bonds.